The standard InChI is InChI=1S/C20H27N3O4/c1-2-12-27-19(25)13-17-20(26)21-9-11-22(17)14-18(24)23-10-5-7-15-6-3-4-8-16(15)23/h3-4,6,8,17H,2,5,7,9-14H2,1H3,(H,21,26). The Morgan fingerprint density at radius 3 is 2.89 bits per heavy atom. The summed E-state index contributed by atoms with van der Waals surface area (Å²) in [6.45, 7) is 4.08. The van der Waals surface area contributed by atoms with Gasteiger partial charge in [0.1, 0.15) is 6.04 Å². The van der Waals surface area contributed by atoms with Crippen LogP contribution in [0, 0.1) is 0 Å². The maximum atomic E-state index is 13.0. The number of aryl methyl sites for hydroxylation is 1. The molecule has 1 aromatic rings. The van der Waals surface area contributed by atoms with Crippen molar-refractivity contribution in [3.05, 3.63) is 29.8 Å². The number of hydrogen-bond donors (Lipinski definition) is 1. The number of esters is 1. The lowest BCUT2D eigenvalue weighted by Crippen LogP contribution is -2.58. The summed E-state index contributed by atoms with van der Waals surface area (Å²) < 4.78 is 5.12. The molecule has 0 bridgehead atoms. The summed E-state index contributed by atoms with van der Waals surface area (Å²) in [4.78, 5) is 40.8. The molecule has 1 unspecified atom stereocenters. The number of nitrogens with zero attached hydrogens (tertiary/aromatic N) is 2. The van der Waals surface area contributed by atoms with Gasteiger partial charge in [-0.05, 0) is 30.9 Å². The average molecular weight is 373 g/mol. The molecule has 7 nitrogen and oxygen atoms in total. The molecule has 146 valence electrons. The van der Waals surface area contributed by atoms with E-state index < -0.39 is 12.0 Å². The number of amides is 2. The summed E-state index contributed by atoms with van der Waals surface area (Å²) >= 11 is 0. The van der Waals surface area contributed by atoms with Gasteiger partial charge in [0, 0.05) is 25.3 Å². The normalized spacial score (nSPS) is 20.0. The van der Waals surface area contributed by atoms with Crippen LogP contribution in [0.5, 0.6) is 0 Å². The second kappa shape index (κ2) is 8.99. The molecule has 2 heterocycles. The number of fused-ring (bicyclic) bond motifs is 1. The van der Waals surface area contributed by atoms with Crippen LogP contribution in [-0.4, -0.2) is 61.5 Å². The van der Waals surface area contributed by atoms with Gasteiger partial charge in [0.2, 0.25) is 11.8 Å². The molecule has 27 heavy (non-hydrogen) atoms. The van der Waals surface area contributed by atoms with E-state index in [0.717, 1.165) is 24.9 Å². The van der Waals surface area contributed by atoms with Gasteiger partial charge in [-0.15, -0.1) is 0 Å². The first-order valence-electron chi connectivity index (χ1n) is 9.65. The summed E-state index contributed by atoms with van der Waals surface area (Å²) in [7, 11) is 0. The third kappa shape index (κ3) is 4.66. The van der Waals surface area contributed by atoms with E-state index in [1.165, 1.54) is 5.56 Å². The van der Waals surface area contributed by atoms with Crippen LogP contribution in [0.3, 0.4) is 0 Å². The van der Waals surface area contributed by atoms with Gasteiger partial charge in [-0.2, -0.15) is 0 Å². The van der Waals surface area contributed by atoms with Crippen LogP contribution in [0.25, 0.3) is 0 Å². The molecule has 1 N–H and O–H groups in total. The number of benzene rings is 1. The number of ether oxygens (including phenoxy) is 1. The van der Waals surface area contributed by atoms with Gasteiger partial charge in [-0.25, -0.2) is 0 Å². The molecular weight excluding hydrogens is 346 g/mol. The minimum absolute atomic E-state index is 0.0320. The van der Waals surface area contributed by atoms with E-state index in [2.05, 4.69) is 11.4 Å². The van der Waals surface area contributed by atoms with Crippen molar-refractivity contribution in [1.29, 1.82) is 0 Å². The van der Waals surface area contributed by atoms with Crippen LogP contribution in [-0.2, 0) is 25.5 Å². The van der Waals surface area contributed by atoms with Gasteiger partial charge in [0.15, 0.2) is 0 Å². The fraction of sp³-hybridized carbons (Fsp3) is 0.550. The van der Waals surface area contributed by atoms with Crippen molar-refractivity contribution in [2.24, 2.45) is 0 Å². The first kappa shape index (κ1) is 19.4. The van der Waals surface area contributed by atoms with Crippen molar-refractivity contribution in [1.82, 2.24) is 10.2 Å². The van der Waals surface area contributed by atoms with Gasteiger partial charge >= 0.3 is 5.97 Å². The van der Waals surface area contributed by atoms with Gasteiger partial charge in [0.25, 0.3) is 0 Å². The fourth-order valence-electron chi connectivity index (χ4n) is 3.66. The number of piperazine rings is 1. The predicted molar refractivity (Wildman–Crippen MR) is 101 cm³/mol. The van der Waals surface area contributed by atoms with Crippen molar-refractivity contribution < 1.29 is 19.1 Å². The molecule has 2 aliphatic heterocycles. The zero-order chi connectivity index (χ0) is 19.2. The Balaban J connectivity index is 1.68. The number of carbonyl (C=O) groups excluding carboxylic acids is 3. The molecular formula is C20H27N3O4. The van der Waals surface area contributed by atoms with Crippen molar-refractivity contribution in [2.45, 2.75) is 38.6 Å². The summed E-state index contributed by atoms with van der Waals surface area (Å²) in [5.41, 5.74) is 2.13. The third-order valence-corrected chi connectivity index (χ3v) is 5.02. The molecule has 1 saturated heterocycles. The number of para-hydroxylation sites is 1. The highest BCUT2D eigenvalue weighted by molar-refractivity contribution is 5.96. The van der Waals surface area contributed by atoms with Crippen LogP contribution in [0.15, 0.2) is 24.3 Å². The van der Waals surface area contributed by atoms with E-state index in [1.54, 1.807) is 9.80 Å². The van der Waals surface area contributed by atoms with Gasteiger partial charge in [-0.1, -0.05) is 25.1 Å². The Hall–Kier alpha value is -2.41. The second-order valence-corrected chi connectivity index (χ2v) is 6.98. The van der Waals surface area contributed by atoms with Gasteiger partial charge in [0.05, 0.1) is 19.6 Å². The lowest BCUT2D eigenvalue weighted by Gasteiger charge is -2.36. The molecule has 0 radical (unpaired) electrons. The number of rotatable bonds is 6. The van der Waals surface area contributed by atoms with E-state index in [4.69, 9.17) is 4.74 Å². The fourth-order valence-corrected chi connectivity index (χ4v) is 3.66. The Morgan fingerprint density at radius 2 is 2.07 bits per heavy atom. The van der Waals surface area contributed by atoms with Crippen LogP contribution < -0.4 is 10.2 Å². The topological polar surface area (TPSA) is 79.0 Å². The molecule has 2 amide bonds. The zero-order valence-corrected chi connectivity index (χ0v) is 15.8. The largest absolute Gasteiger partial charge is 0.466 e. The number of hydrogen-bond acceptors (Lipinski definition) is 5. The molecule has 1 atom stereocenters. The van der Waals surface area contributed by atoms with Crippen LogP contribution in [0.2, 0.25) is 0 Å². The van der Waals surface area contributed by atoms with Crippen LogP contribution in [0.1, 0.15) is 31.7 Å². The average Bonchev–Trinajstić information content (AvgIpc) is 2.68. The highest BCUT2D eigenvalue weighted by Gasteiger charge is 2.34. The summed E-state index contributed by atoms with van der Waals surface area (Å²) in [6, 6.07) is 7.28. The number of anilines is 1. The molecule has 0 spiro atoms. The zero-order valence-electron chi connectivity index (χ0n) is 15.8. The monoisotopic (exact) mass is 373 g/mol. The smallest absolute Gasteiger partial charge is 0.307 e. The van der Waals surface area contributed by atoms with E-state index in [9.17, 15) is 14.4 Å². The van der Waals surface area contributed by atoms with Crippen molar-refractivity contribution in [3.8, 4) is 0 Å². The van der Waals surface area contributed by atoms with Crippen molar-refractivity contribution >= 4 is 23.5 Å². The molecule has 2 aliphatic rings. The van der Waals surface area contributed by atoms with Crippen molar-refractivity contribution in [2.75, 3.05) is 37.7 Å². The quantitative estimate of drug-likeness (QED) is 0.756. The van der Waals surface area contributed by atoms with E-state index >= 15 is 0 Å². The highest BCUT2D eigenvalue weighted by Crippen LogP contribution is 2.27. The summed E-state index contributed by atoms with van der Waals surface area (Å²) in [5, 5.41) is 2.78. The Kier molecular flexibility index (Phi) is 6.45. The molecule has 0 saturated carbocycles. The Bertz CT molecular complexity index is 706. The van der Waals surface area contributed by atoms with Gasteiger partial charge in [-0.3, -0.25) is 19.3 Å². The maximum absolute atomic E-state index is 13.0. The highest BCUT2D eigenvalue weighted by atomic mass is 16.5. The van der Waals surface area contributed by atoms with E-state index in [1.807, 2.05) is 25.1 Å². The lowest BCUT2D eigenvalue weighted by atomic mass is 10.0. The number of carbonyl (C=O) groups is 3. The van der Waals surface area contributed by atoms with E-state index in [0.29, 0.717) is 26.2 Å². The Morgan fingerprint density at radius 1 is 1.26 bits per heavy atom. The van der Waals surface area contributed by atoms with Gasteiger partial charge < -0.3 is 15.0 Å². The molecule has 1 fully saturated rings. The van der Waals surface area contributed by atoms with Crippen molar-refractivity contribution in [3.63, 3.8) is 0 Å². The first-order valence-corrected chi connectivity index (χ1v) is 9.65. The van der Waals surface area contributed by atoms with Crippen LogP contribution >= 0.6 is 0 Å². The lowest BCUT2D eigenvalue weighted by molar-refractivity contribution is -0.149. The van der Waals surface area contributed by atoms with E-state index in [-0.39, 0.29) is 24.8 Å². The molecule has 0 aromatic heterocycles. The second-order valence-electron chi connectivity index (χ2n) is 6.98. The summed E-state index contributed by atoms with van der Waals surface area (Å²) in [5.74, 6) is -0.662. The maximum Gasteiger partial charge on any atom is 0.307 e. The molecule has 3 rings (SSSR count). The minimum atomic E-state index is -0.660. The molecule has 7 heteroatoms. The predicted octanol–water partition coefficient (Wildman–Crippen LogP) is 1.11. The van der Waals surface area contributed by atoms with Crippen LogP contribution in [0.4, 0.5) is 5.69 Å². The Labute approximate surface area is 159 Å². The first-order chi connectivity index (χ1) is 13.1. The summed E-state index contributed by atoms with van der Waals surface area (Å²) in [6.07, 6.45) is 2.60. The minimum Gasteiger partial charge on any atom is -0.466 e. The SMILES string of the molecule is CCCOC(=O)CC1C(=O)NCCN1CC(=O)N1CCCc2ccccc21. The number of nitrogens with one attached hydrogen (secondary N) is 1. The third-order valence-electron chi connectivity index (χ3n) is 5.02. The molecule has 0 aliphatic carbocycles. The molecule has 1 aromatic carbocycles.